The Morgan fingerprint density at radius 3 is 1.06 bits per heavy atom. The highest BCUT2D eigenvalue weighted by Crippen LogP contribution is 2.17. The van der Waals surface area contributed by atoms with Crippen LogP contribution in [0.25, 0.3) is 0 Å². The Morgan fingerprint density at radius 2 is 0.691 bits per heavy atom. The van der Waals surface area contributed by atoms with E-state index < -0.39 is 12.1 Å². The van der Waals surface area contributed by atoms with Crippen molar-refractivity contribution < 1.29 is 24.5 Å². The summed E-state index contributed by atoms with van der Waals surface area (Å²) in [5.74, 6) is -0.0439. The van der Waals surface area contributed by atoms with Crippen molar-refractivity contribution in [3.05, 3.63) is 24.3 Å². The first kappa shape index (κ1) is 66.3. The summed E-state index contributed by atoms with van der Waals surface area (Å²) < 4.78 is 5.47. The van der Waals surface area contributed by atoms with Gasteiger partial charge in [-0.05, 0) is 77.0 Å². The monoisotopic (exact) mass is 958 g/mol. The molecule has 402 valence electrons. The van der Waals surface area contributed by atoms with Gasteiger partial charge in [0.05, 0.1) is 25.4 Å². The van der Waals surface area contributed by atoms with Crippen LogP contribution in [0.4, 0.5) is 0 Å². The normalized spacial score (nSPS) is 12.7. The molecule has 68 heavy (non-hydrogen) atoms. The molecule has 0 aliphatic carbocycles. The quantitative estimate of drug-likeness (QED) is 0.0321. The molecule has 0 saturated carbocycles. The largest absolute Gasteiger partial charge is 0.466 e. The summed E-state index contributed by atoms with van der Waals surface area (Å²) in [4.78, 5) is 24.5. The lowest BCUT2D eigenvalue weighted by Crippen LogP contribution is -2.45. The third-order valence-electron chi connectivity index (χ3n) is 14.2. The molecule has 0 aromatic rings. The average molecular weight is 959 g/mol. The zero-order valence-electron chi connectivity index (χ0n) is 45.9. The maximum absolute atomic E-state index is 12.5. The van der Waals surface area contributed by atoms with Gasteiger partial charge in [-0.25, -0.2) is 0 Å². The lowest BCUT2D eigenvalue weighted by Gasteiger charge is -2.22. The number of aliphatic hydroxyl groups excluding tert-OH is 2. The van der Waals surface area contributed by atoms with Gasteiger partial charge in [0.15, 0.2) is 0 Å². The van der Waals surface area contributed by atoms with E-state index in [0.717, 1.165) is 44.9 Å². The first-order chi connectivity index (χ1) is 33.5. The SMILES string of the molecule is CCCCCC/C=C\CCCCCCCC(=O)OCCCCCCCCCCC/C=C\CCCCCCCCCC(=O)NC(CO)C(O)CCCCCCCCCCCCCCCCCCCC. The molecular weight excluding hydrogens is 839 g/mol. The molecule has 0 heterocycles. The van der Waals surface area contributed by atoms with E-state index in [1.807, 2.05) is 0 Å². The molecule has 0 radical (unpaired) electrons. The van der Waals surface area contributed by atoms with Gasteiger partial charge in [-0.2, -0.15) is 0 Å². The predicted molar refractivity (Wildman–Crippen MR) is 296 cm³/mol. The number of ether oxygens (including phenoxy) is 1. The van der Waals surface area contributed by atoms with E-state index >= 15 is 0 Å². The standard InChI is InChI=1S/C62H119NO5/c1-3-5-7-9-11-13-15-17-18-19-24-27-31-34-38-42-46-50-54-60(65)59(58-64)63-61(66)55-51-47-43-39-35-32-28-25-22-20-21-23-26-29-33-37-41-45-49-53-57-68-62(67)56-52-48-44-40-36-30-16-14-12-10-8-6-4-2/h14,16,20,22,59-60,64-65H,3-13,15,17-19,21,23-58H2,1-2H3,(H,63,66)/b16-14-,22-20-. The highest BCUT2D eigenvalue weighted by Gasteiger charge is 2.20. The van der Waals surface area contributed by atoms with Gasteiger partial charge in [0.1, 0.15) is 0 Å². The Kier molecular flexibility index (Phi) is 56.5. The molecule has 6 nitrogen and oxygen atoms in total. The number of rotatable bonds is 57. The van der Waals surface area contributed by atoms with Gasteiger partial charge in [-0.3, -0.25) is 9.59 Å². The number of nitrogens with one attached hydrogen (secondary N) is 1. The Balaban J connectivity index is 3.44. The second-order valence-corrected chi connectivity index (χ2v) is 21.0. The summed E-state index contributed by atoms with van der Waals surface area (Å²) in [6.07, 6.45) is 70.3. The Bertz CT molecular complexity index is 1060. The first-order valence-electron chi connectivity index (χ1n) is 30.6. The van der Waals surface area contributed by atoms with Gasteiger partial charge < -0.3 is 20.3 Å². The smallest absolute Gasteiger partial charge is 0.305 e. The Morgan fingerprint density at radius 1 is 0.397 bits per heavy atom. The summed E-state index contributed by atoms with van der Waals surface area (Å²) >= 11 is 0. The van der Waals surface area contributed by atoms with Gasteiger partial charge >= 0.3 is 5.97 Å². The first-order valence-corrected chi connectivity index (χ1v) is 30.6. The lowest BCUT2D eigenvalue weighted by atomic mass is 10.0. The number of carbonyl (C=O) groups excluding carboxylic acids is 2. The maximum atomic E-state index is 12.5. The highest BCUT2D eigenvalue weighted by molar-refractivity contribution is 5.76. The molecule has 0 bridgehead atoms. The summed E-state index contributed by atoms with van der Waals surface area (Å²) in [7, 11) is 0. The number of carbonyl (C=O) groups is 2. The Hall–Kier alpha value is -1.66. The molecule has 0 rings (SSSR count). The van der Waals surface area contributed by atoms with Gasteiger partial charge in [-0.15, -0.1) is 0 Å². The van der Waals surface area contributed by atoms with E-state index in [1.165, 1.54) is 257 Å². The molecule has 3 N–H and O–H groups in total. The average Bonchev–Trinajstić information content (AvgIpc) is 3.34. The van der Waals surface area contributed by atoms with E-state index in [1.54, 1.807) is 0 Å². The van der Waals surface area contributed by atoms with Crippen LogP contribution in [-0.4, -0.2) is 47.4 Å². The second-order valence-electron chi connectivity index (χ2n) is 21.0. The van der Waals surface area contributed by atoms with Crippen LogP contribution in [0.1, 0.15) is 335 Å². The van der Waals surface area contributed by atoms with Crippen LogP contribution in [0, 0.1) is 0 Å². The van der Waals surface area contributed by atoms with E-state index in [9.17, 15) is 19.8 Å². The van der Waals surface area contributed by atoms with Crippen molar-refractivity contribution in [2.24, 2.45) is 0 Å². The zero-order chi connectivity index (χ0) is 49.3. The minimum Gasteiger partial charge on any atom is -0.466 e. The van der Waals surface area contributed by atoms with Crippen LogP contribution in [0.3, 0.4) is 0 Å². The summed E-state index contributed by atoms with van der Waals surface area (Å²) in [5, 5.41) is 23.3. The van der Waals surface area contributed by atoms with Crippen molar-refractivity contribution in [1.82, 2.24) is 5.32 Å². The summed E-state index contributed by atoms with van der Waals surface area (Å²) in [6.45, 7) is 4.94. The number of unbranched alkanes of at least 4 members (excludes halogenated alkanes) is 42. The molecule has 2 unspecified atom stereocenters. The molecule has 0 aliphatic rings. The van der Waals surface area contributed by atoms with E-state index in [-0.39, 0.29) is 18.5 Å². The van der Waals surface area contributed by atoms with E-state index in [4.69, 9.17) is 4.74 Å². The molecule has 0 aromatic heterocycles. The topological polar surface area (TPSA) is 95.9 Å². The van der Waals surface area contributed by atoms with Crippen molar-refractivity contribution >= 4 is 11.9 Å². The fourth-order valence-corrected chi connectivity index (χ4v) is 9.51. The molecule has 0 spiro atoms. The number of hydrogen-bond donors (Lipinski definition) is 3. The molecule has 0 aromatic carbocycles. The Labute approximate surface area is 424 Å². The highest BCUT2D eigenvalue weighted by atomic mass is 16.5. The molecule has 0 fully saturated rings. The van der Waals surface area contributed by atoms with Crippen molar-refractivity contribution in [2.75, 3.05) is 13.2 Å². The molecule has 6 heteroatoms. The maximum Gasteiger partial charge on any atom is 0.305 e. The number of esters is 1. The fraction of sp³-hybridized carbons (Fsp3) is 0.903. The second kappa shape index (κ2) is 57.9. The van der Waals surface area contributed by atoms with Gasteiger partial charge in [0, 0.05) is 12.8 Å². The number of aliphatic hydroxyl groups is 2. The summed E-state index contributed by atoms with van der Waals surface area (Å²) in [5.41, 5.74) is 0. The van der Waals surface area contributed by atoms with Crippen LogP contribution < -0.4 is 5.32 Å². The van der Waals surface area contributed by atoms with Gasteiger partial charge in [-0.1, -0.05) is 269 Å². The third-order valence-corrected chi connectivity index (χ3v) is 14.2. The van der Waals surface area contributed by atoms with Gasteiger partial charge in [0.2, 0.25) is 5.91 Å². The molecule has 1 amide bonds. The van der Waals surface area contributed by atoms with Crippen LogP contribution in [0.15, 0.2) is 24.3 Å². The van der Waals surface area contributed by atoms with Crippen LogP contribution in [0.2, 0.25) is 0 Å². The van der Waals surface area contributed by atoms with Crippen LogP contribution in [-0.2, 0) is 14.3 Å². The summed E-state index contributed by atoms with van der Waals surface area (Å²) in [6, 6.07) is -0.548. The zero-order valence-corrected chi connectivity index (χ0v) is 45.9. The minimum absolute atomic E-state index is 0.00263. The van der Waals surface area contributed by atoms with Crippen molar-refractivity contribution in [3.63, 3.8) is 0 Å². The molecule has 0 aliphatic heterocycles. The molecule has 2 atom stereocenters. The van der Waals surface area contributed by atoms with Crippen molar-refractivity contribution in [2.45, 2.75) is 347 Å². The minimum atomic E-state index is -0.670. The van der Waals surface area contributed by atoms with Crippen molar-refractivity contribution in [1.29, 1.82) is 0 Å². The number of hydrogen-bond acceptors (Lipinski definition) is 5. The third kappa shape index (κ3) is 53.7. The van der Waals surface area contributed by atoms with E-state index in [0.29, 0.717) is 25.9 Å². The predicted octanol–water partition coefficient (Wildman–Crippen LogP) is 19.0. The molecule has 0 saturated heterocycles. The number of allylic oxidation sites excluding steroid dienone is 4. The lowest BCUT2D eigenvalue weighted by molar-refractivity contribution is -0.143. The van der Waals surface area contributed by atoms with Gasteiger partial charge in [0.25, 0.3) is 0 Å². The fourth-order valence-electron chi connectivity index (χ4n) is 9.51. The van der Waals surface area contributed by atoms with E-state index in [2.05, 4.69) is 43.5 Å². The molecular formula is C62H119NO5. The van der Waals surface area contributed by atoms with Crippen LogP contribution >= 0.6 is 0 Å². The number of amides is 1. The van der Waals surface area contributed by atoms with Crippen molar-refractivity contribution in [3.8, 4) is 0 Å². The van der Waals surface area contributed by atoms with Crippen LogP contribution in [0.5, 0.6) is 0 Å².